The van der Waals surface area contributed by atoms with Gasteiger partial charge in [0, 0.05) is 18.1 Å². The van der Waals surface area contributed by atoms with Gasteiger partial charge in [0.15, 0.2) is 4.96 Å². The number of alkyl halides is 3. The summed E-state index contributed by atoms with van der Waals surface area (Å²) in [6, 6.07) is 1.72. The Morgan fingerprint density at radius 1 is 1.45 bits per heavy atom. The molecule has 0 saturated heterocycles. The van der Waals surface area contributed by atoms with Gasteiger partial charge in [0.1, 0.15) is 11.4 Å². The second-order valence-electron chi connectivity index (χ2n) is 4.39. The molecule has 3 aromatic heterocycles. The van der Waals surface area contributed by atoms with Crippen molar-refractivity contribution in [2.45, 2.75) is 6.18 Å². The van der Waals surface area contributed by atoms with Gasteiger partial charge < -0.3 is 10.1 Å². The van der Waals surface area contributed by atoms with Crippen molar-refractivity contribution in [2.24, 2.45) is 0 Å². The first-order valence-corrected chi connectivity index (χ1v) is 7.91. The maximum absolute atomic E-state index is 11.9. The van der Waals surface area contributed by atoms with E-state index in [2.05, 4.69) is 15.0 Å². The predicted octanol–water partition coefficient (Wildman–Crippen LogP) is 2.92. The number of hydrogen-bond acceptors (Lipinski definition) is 5. The van der Waals surface area contributed by atoms with E-state index in [1.165, 1.54) is 22.7 Å². The van der Waals surface area contributed by atoms with E-state index in [-0.39, 0.29) is 19.1 Å². The van der Waals surface area contributed by atoms with E-state index in [1.807, 2.05) is 16.0 Å². The Bertz CT molecular complexity index is 805. The normalized spacial score (nSPS) is 12.3. The van der Waals surface area contributed by atoms with E-state index in [0.717, 1.165) is 15.3 Å². The summed E-state index contributed by atoms with van der Waals surface area (Å²) in [6.07, 6.45) is -2.48. The number of nitrogens with zero attached hydrogens (tertiary/aromatic N) is 2. The van der Waals surface area contributed by atoms with Gasteiger partial charge in [-0.05, 0) is 6.07 Å². The maximum Gasteiger partial charge on any atom is 0.411 e. The third-order valence-electron chi connectivity index (χ3n) is 2.76. The van der Waals surface area contributed by atoms with Crippen molar-refractivity contribution in [3.8, 4) is 0 Å². The van der Waals surface area contributed by atoms with Crippen LogP contribution in [0, 0.1) is 0 Å². The number of carbonyl (C=O) groups excluding carboxylic acids is 1. The lowest BCUT2D eigenvalue weighted by Crippen LogP contribution is -2.28. The van der Waals surface area contributed by atoms with Crippen molar-refractivity contribution in [1.82, 2.24) is 14.7 Å². The van der Waals surface area contributed by atoms with Crippen molar-refractivity contribution >= 4 is 43.9 Å². The van der Waals surface area contributed by atoms with Gasteiger partial charge in [-0.15, -0.1) is 22.7 Å². The molecule has 0 aliphatic rings. The zero-order valence-electron chi connectivity index (χ0n) is 11.0. The molecule has 1 amide bonds. The Balaban J connectivity index is 1.57. The Morgan fingerprint density at radius 2 is 2.27 bits per heavy atom. The van der Waals surface area contributed by atoms with Crippen molar-refractivity contribution in [1.29, 1.82) is 0 Å². The fraction of sp³-hybridized carbons (Fsp3) is 0.333. The first-order chi connectivity index (χ1) is 10.4. The van der Waals surface area contributed by atoms with Crippen LogP contribution in [-0.4, -0.2) is 41.2 Å². The highest BCUT2D eigenvalue weighted by molar-refractivity contribution is 7.21. The van der Waals surface area contributed by atoms with Crippen LogP contribution in [0.1, 0.15) is 9.67 Å². The SMILES string of the molecule is O=C(NCCOCC(F)(F)F)c1cc2c(nc3sccn32)s1. The molecule has 0 radical (unpaired) electrons. The summed E-state index contributed by atoms with van der Waals surface area (Å²) in [5.41, 5.74) is 0.847. The van der Waals surface area contributed by atoms with Crippen LogP contribution < -0.4 is 5.32 Å². The quantitative estimate of drug-likeness (QED) is 0.721. The Hall–Kier alpha value is -1.65. The lowest BCUT2D eigenvalue weighted by Gasteiger charge is -2.07. The topological polar surface area (TPSA) is 55.6 Å². The molecule has 0 fully saturated rings. The van der Waals surface area contributed by atoms with E-state index in [1.54, 1.807) is 6.07 Å². The van der Waals surface area contributed by atoms with E-state index in [4.69, 9.17) is 0 Å². The molecule has 5 nitrogen and oxygen atoms in total. The molecule has 10 heteroatoms. The molecule has 0 bridgehead atoms. The van der Waals surface area contributed by atoms with Gasteiger partial charge in [0.2, 0.25) is 0 Å². The summed E-state index contributed by atoms with van der Waals surface area (Å²) in [5.74, 6) is -0.345. The van der Waals surface area contributed by atoms with Gasteiger partial charge in [-0.25, -0.2) is 4.98 Å². The van der Waals surface area contributed by atoms with Crippen LogP contribution in [0.5, 0.6) is 0 Å². The van der Waals surface area contributed by atoms with E-state index in [9.17, 15) is 18.0 Å². The number of rotatable bonds is 5. The molecule has 0 aliphatic carbocycles. The summed E-state index contributed by atoms with van der Waals surface area (Å²) in [4.78, 5) is 18.4. The molecule has 0 saturated carbocycles. The van der Waals surface area contributed by atoms with Crippen molar-refractivity contribution < 1.29 is 22.7 Å². The molecular weight excluding hydrogens is 339 g/mol. The first kappa shape index (κ1) is 15.3. The minimum absolute atomic E-state index is 0.0193. The third-order valence-corrected chi connectivity index (χ3v) is 4.53. The van der Waals surface area contributed by atoms with Gasteiger partial charge in [-0.2, -0.15) is 13.2 Å². The first-order valence-electron chi connectivity index (χ1n) is 6.22. The summed E-state index contributed by atoms with van der Waals surface area (Å²) in [6.45, 7) is -1.48. The Kier molecular flexibility index (Phi) is 4.06. The van der Waals surface area contributed by atoms with Gasteiger partial charge in [-0.1, -0.05) is 0 Å². The monoisotopic (exact) mass is 349 g/mol. The van der Waals surface area contributed by atoms with E-state index in [0.29, 0.717) is 4.88 Å². The van der Waals surface area contributed by atoms with Crippen molar-refractivity contribution in [3.05, 3.63) is 22.5 Å². The number of carbonyl (C=O) groups is 1. The second-order valence-corrected chi connectivity index (χ2v) is 6.30. The van der Waals surface area contributed by atoms with Crippen LogP contribution >= 0.6 is 22.7 Å². The highest BCUT2D eigenvalue weighted by Crippen LogP contribution is 2.28. The number of ether oxygens (including phenoxy) is 1. The molecular formula is C12H10F3N3O2S2. The molecule has 3 aromatic rings. The summed E-state index contributed by atoms with van der Waals surface area (Å²) < 4.78 is 41.9. The Labute approximate surface area is 130 Å². The van der Waals surface area contributed by atoms with E-state index >= 15 is 0 Å². The number of halogens is 3. The van der Waals surface area contributed by atoms with Crippen molar-refractivity contribution in [3.63, 3.8) is 0 Å². The van der Waals surface area contributed by atoms with Crippen molar-refractivity contribution in [2.75, 3.05) is 19.8 Å². The van der Waals surface area contributed by atoms with Gasteiger partial charge >= 0.3 is 6.18 Å². The fourth-order valence-corrected chi connectivity index (χ4v) is 3.59. The number of fused-ring (bicyclic) bond motifs is 3. The summed E-state index contributed by atoms with van der Waals surface area (Å²) in [5, 5.41) is 4.42. The number of hydrogen-bond donors (Lipinski definition) is 1. The highest BCUT2D eigenvalue weighted by Gasteiger charge is 2.27. The third kappa shape index (κ3) is 3.23. The van der Waals surface area contributed by atoms with Crippen LogP contribution in [0.2, 0.25) is 0 Å². The van der Waals surface area contributed by atoms with Gasteiger partial charge in [-0.3, -0.25) is 9.20 Å². The maximum atomic E-state index is 11.9. The molecule has 0 spiro atoms. The molecule has 1 N–H and O–H groups in total. The van der Waals surface area contributed by atoms with Gasteiger partial charge in [0.25, 0.3) is 5.91 Å². The highest BCUT2D eigenvalue weighted by atomic mass is 32.1. The average Bonchev–Trinajstić information content (AvgIpc) is 3.07. The molecule has 0 unspecified atom stereocenters. The lowest BCUT2D eigenvalue weighted by atomic mass is 10.4. The molecule has 22 heavy (non-hydrogen) atoms. The zero-order chi connectivity index (χ0) is 15.7. The number of nitrogens with one attached hydrogen (secondary N) is 1. The molecule has 0 atom stereocenters. The van der Waals surface area contributed by atoms with Crippen LogP contribution in [0.25, 0.3) is 15.3 Å². The number of aromatic nitrogens is 2. The van der Waals surface area contributed by atoms with E-state index < -0.39 is 12.8 Å². The average molecular weight is 349 g/mol. The molecule has 118 valence electrons. The molecule has 0 aliphatic heterocycles. The minimum Gasteiger partial charge on any atom is -0.370 e. The number of amides is 1. The van der Waals surface area contributed by atoms with Gasteiger partial charge in [0.05, 0.1) is 17.0 Å². The second kappa shape index (κ2) is 5.86. The van der Waals surface area contributed by atoms with Crippen LogP contribution in [0.15, 0.2) is 17.6 Å². The zero-order valence-corrected chi connectivity index (χ0v) is 12.6. The van der Waals surface area contributed by atoms with Crippen LogP contribution in [0.4, 0.5) is 13.2 Å². The lowest BCUT2D eigenvalue weighted by molar-refractivity contribution is -0.173. The smallest absolute Gasteiger partial charge is 0.370 e. The minimum atomic E-state index is -4.35. The number of imidazole rings is 1. The Morgan fingerprint density at radius 3 is 3.05 bits per heavy atom. The predicted molar refractivity (Wildman–Crippen MR) is 77.7 cm³/mol. The largest absolute Gasteiger partial charge is 0.411 e. The molecule has 3 heterocycles. The number of thiazole rings is 1. The van der Waals surface area contributed by atoms with Crippen LogP contribution in [0.3, 0.4) is 0 Å². The standard InChI is InChI=1S/C12H10F3N3O2S2/c13-12(14,15)6-20-3-1-16-9(19)8-5-7-10(22-8)17-11-18(7)2-4-21-11/h2,4-5H,1,3,6H2,(H,16,19). The fourth-order valence-electron chi connectivity index (χ4n) is 1.87. The summed E-state index contributed by atoms with van der Waals surface area (Å²) in [7, 11) is 0. The van der Waals surface area contributed by atoms with Crippen LogP contribution in [-0.2, 0) is 4.74 Å². The number of thiophene rings is 1. The molecule has 3 rings (SSSR count). The summed E-state index contributed by atoms with van der Waals surface area (Å²) >= 11 is 2.75. The molecule has 0 aromatic carbocycles.